The Kier molecular flexibility index (Phi) is 3.92. The van der Waals surface area contributed by atoms with E-state index in [1.54, 1.807) is 6.92 Å². The summed E-state index contributed by atoms with van der Waals surface area (Å²) in [6, 6.07) is -0.121. The first kappa shape index (κ1) is 16.0. The zero-order chi connectivity index (χ0) is 16.0. The molecule has 0 amide bonds. The number of sulfonamides is 1. The number of nitrogens with one attached hydrogen (secondary N) is 2. The molecule has 6 nitrogen and oxygen atoms in total. The molecule has 21 heavy (non-hydrogen) atoms. The molecule has 1 fully saturated rings. The lowest BCUT2D eigenvalue weighted by atomic mass is 9.88. The lowest BCUT2D eigenvalue weighted by Crippen LogP contribution is -2.41. The number of aromatic carboxylic acids is 1. The normalized spacial score (nSPS) is 21.6. The third-order valence-corrected chi connectivity index (χ3v) is 6.15. The molecule has 2 rings (SSSR count). The molecule has 1 aliphatic carbocycles. The van der Waals surface area contributed by atoms with E-state index >= 15 is 0 Å². The van der Waals surface area contributed by atoms with Crippen LogP contribution in [0.15, 0.2) is 4.90 Å². The molecule has 1 unspecified atom stereocenters. The van der Waals surface area contributed by atoms with Crippen molar-refractivity contribution in [1.82, 2.24) is 9.71 Å². The van der Waals surface area contributed by atoms with Crippen molar-refractivity contribution in [2.45, 2.75) is 57.9 Å². The molecule has 0 spiro atoms. The maximum atomic E-state index is 12.6. The number of aromatic amines is 1. The first-order valence-electron chi connectivity index (χ1n) is 7.01. The highest BCUT2D eigenvalue weighted by Gasteiger charge is 2.38. The molecule has 1 aliphatic rings. The zero-order valence-corrected chi connectivity index (χ0v) is 13.6. The Morgan fingerprint density at radius 3 is 2.43 bits per heavy atom. The number of hydrogen-bond acceptors (Lipinski definition) is 3. The molecule has 0 radical (unpaired) electrons. The second kappa shape index (κ2) is 5.14. The molecule has 118 valence electrons. The van der Waals surface area contributed by atoms with Crippen LogP contribution in [-0.2, 0) is 10.0 Å². The average Bonchev–Trinajstić information content (AvgIpc) is 2.79. The largest absolute Gasteiger partial charge is 0.477 e. The fourth-order valence-corrected chi connectivity index (χ4v) is 5.03. The second-order valence-corrected chi connectivity index (χ2v) is 8.09. The van der Waals surface area contributed by atoms with Gasteiger partial charge in [0.05, 0.1) is 0 Å². The van der Waals surface area contributed by atoms with E-state index in [0.29, 0.717) is 5.69 Å². The predicted molar refractivity (Wildman–Crippen MR) is 79.0 cm³/mol. The van der Waals surface area contributed by atoms with Crippen LogP contribution in [0, 0.1) is 19.3 Å². The minimum absolute atomic E-state index is 0.0580. The van der Waals surface area contributed by atoms with Crippen LogP contribution in [0.5, 0.6) is 0 Å². The summed E-state index contributed by atoms with van der Waals surface area (Å²) in [6.07, 6.45) is 2.78. The van der Waals surface area contributed by atoms with Crippen LogP contribution in [0.25, 0.3) is 0 Å². The van der Waals surface area contributed by atoms with E-state index < -0.39 is 16.0 Å². The van der Waals surface area contributed by atoms with Crippen LogP contribution in [0.3, 0.4) is 0 Å². The number of carbonyl (C=O) groups is 1. The van der Waals surface area contributed by atoms with Crippen LogP contribution >= 0.6 is 0 Å². The molecule has 1 aromatic heterocycles. The van der Waals surface area contributed by atoms with Crippen molar-refractivity contribution in [3.05, 3.63) is 17.0 Å². The topological polar surface area (TPSA) is 99.3 Å². The van der Waals surface area contributed by atoms with Gasteiger partial charge in [0.1, 0.15) is 10.6 Å². The quantitative estimate of drug-likeness (QED) is 0.793. The number of rotatable bonds is 4. The smallest absolute Gasteiger partial charge is 0.352 e. The number of carboxylic acids is 1. The first-order chi connectivity index (χ1) is 9.56. The van der Waals surface area contributed by atoms with Gasteiger partial charge in [-0.1, -0.05) is 20.3 Å². The van der Waals surface area contributed by atoms with Gasteiger partial charge in [0.25, 0.3) is 0 Å². The standard InChI is InChI=1S/C14H22N2O4S/c1-8-11(13(17)18)15-9(2)12(8)21(19,20)16-10-6-5-7-14(10,3)4/h10,15-16H,5-7H2,1-4H3,(H,17,18). The van der Waals surface area contributed by atoms with E-state index in [0.717, 1.165) is 19.3 Å². The molecule has 7 heteroatoms. The molecule has 1 aromatic rings. The summed E-state index contributed by atoms with van der Waals surface area (Å²) in [5.74, 6) is -1.15. The molecule has 0 saturated heterocycles. The molecule has 0 aromatic carbocycles. The van der Waals surface area contributed by atoms with Crippen LogP contribution in [0.1, 0.15) is 54.9 Å². The summed E-state index contributed by atoms with van der Waals surface area (Å²) in [6.45, 7) is 7.19. The van der Waals surface area contributed by atoms with Crippen molar-refractivity contribution in [2.24, 2.45) is 5.41 Å². The molecule has 0 aliphatic heterocycles. The fraction of sp³-hybridized carbons (Fsp3) is 0.643. The van der Waals surface area contributed by atoms with Crippen molar-refractivity contribution in [1.29, 1.82) is 0 Å². The van der Waals surface area contributed by atoms with E-state index in [1.165, 1.54) is 6.92 Å². The summed E-state index contributed by atoms with van der Waals surface area (Å²) in [7, 11) is -3.73. The van der Waals surface area contributed by atoms with Crippen molar-refractivity contribution in [2.75, 3.05) is 0 Å². The van der Waals surface area contributed by atoms with Gasteiger partial charge in [-0.25, -0.2) is 17.9 Å². The van der Waals surface area contributed by atoms with Crippen LogP contribution in [0.4, 0.5) is 0 Å². The van der Waals surface area contributed by atoms with E-state index in [-0.39, 0.29) is 27.6 Å². The number of aryl methyl sites for hydroxylation is 1. The number of H-pyrrole nitrogens is 1. The summed E-state index contributed by atoms with van der Waals surface area (Å²) in [4.78, 5) is 13.8. The Hall–Kier alpha value is -1.34. The minimum atomic E-state index is -3.73. The Morgan fingerprint density at radius 1 is 1.38 bits per heavy atom. The van der Waals surface area contributed by atoms with Gasteiger partial charge < -0.3 is 10.1 Å². The van der Waals surface area contributed by atoms with E-state index in [1.807, 2.05) is 13.8 Å². The third kappa shape index (κ3) is 2.85. The Balaban J connectivity index is 2.39. The number of aromatic nitrogens is 1. The highest BCUT2D eigenvalue weighted by Crippen LogP contribution is 2.38. The summed E-state index contributed by atoms with van der Waals surface area (Å²) in [5.41, 5.74) is 0.455. The third-order valence-electron chi connectivity index (χ3n) is 4.41. The molecule has 0 bridgehead atoms. The molecular formula is C14H22N2O4S. The molecule has 1 atom stereocenters. The van der Waals surface area contributed by atoms with Gasteiger partial charge in [-0.05, 0) is 32.1 Å². The van der Waals surface area contributed by atoms with Gasteiger partial charge in [-0.2, -0.15) is 0 Å². The van der Waals surface area contributed by atoms with Gasteiger partial charge >= 0.3 is 5.97 Å². The second-order valence-electron chi connectivity index (χ2n) is 6.44. The van der Waals surface area contributed by atoms with E-state index in [2.05, 4.69) is 9.71 Å². The van der Waals surface area contributed by atoms with Crippen molar-refractivity contribution in [3.63, 3.8) is 0 Å². The summed E-state index contributed by atoms with van der Waals surface area (Å²) < 4.78 is 28.0. The van der Waals surface area contributed by atoms with Gasteiger partial charge in [0, 0.05) is 17.3 Å². The Bertz CT molecular complexity index is 673. The maximum Gasteiger partial charge on any atom is 0.352 e. The summed E-state index contributed by atoms with van der Waals surface area (Å²) in [5, 5.41) is 9.09. The van der Waals surface area contributed by atoms with Crippen molar-refractivity contribution >= 4 is 16.0 Å². The molecular weight excluding hydrogens is 292 g/mol. The Labute approximate surface area is 125 Å². The zero-order valence-electron chi connectivity index (χ0n) is 12.8. The highest BCUT2D eigenvalue weighted by atomic mass is 32.2. The van der Waals surface area contributed by atoms with Gasteiger partial charge in [-0.15, -0.1) is 0 Å². The lowest BCUT2D eigenvalue weighted by molar-refractivity contribution is 0.0690. The van der Waals surface area contributed by atoms with Crippen LogP contribution < -0.4 is 4.72 Å². The maximum absolute atomic E-state index is 12.6. The van der Waals surface area contributed by atoms with Gasteiger partial charge in [0.15, 0.2) is 0 Å². The monoisotopic (exact) mass is 314 g/mol. The van der Waals surface area contributed by atoms with Crippen molar-refractivity contribution < 1.29 is 18.3 Å². The van der Waals surface area contributed by atoms with Crippen LogP contribution in [-0.4, -0.2) is 30.5 Å². The molecule has 1 saturated carbocycles. The lowest BCUT2D eigenvalue weighted by Gasteiger charge is -2.27. The predicted octanol–water partition coefficient (Wildman–Crippen LogP) is 2.19. The van der Waals surface area contributed by atoms with Crippen molar-refractivity contribution in [3.8, 4) is 0 Å². The van der Waals surface area contributed by atoms with Crippen LogP contribution in [0.2, 0.25) is 0 Å². The first-order valence-corrected chi connectivity index (χ1v) is 8.49. The minimum Gasteiger partial charge on any atom is -0.477 e. The fourth-order valence-electron chi connectivity index (χ4n) is 3.14. The van der Waals surface area contributed by atoms with Gasteiger partial charge in [-0.3, -0.25) is 0 Å². The highest BCUT2D eigenvalue weighted by molar-refractivity contribution is 7.89. The Morgan fingerprint density at radius 2 is 2.00 bits per heavy atom. The van der Waals surface area contributed by atoms with E-state index in [9.17, 15) is 13.2 Å². The van der Waals surface area contributed by atoms with E-state index in [4.69, 9.17) is 5.11 Å². The molecule has 3 N–H and O–H groups in total. The SMILES string of the molecule is Cc1[nH]c(C(=O)O)c(C)c1S(=O)(=O)NC1CCCC1(C)C. The molecule has 1 heterocycles. The summed E-state index contributed by atoms with van der Waals surface area (Å²) >= 11 is 0. The average molecular weight is 314 g/mol. The van der Waals surface area contributed by atoms with Gasteiger partial charge in [0.2, 0.25) is 10.0 Å². The number of hydrogen-bond donors (Lipinski definition) is 3. The number of carboxylic acid groups (broad SMARTS) is 1.